The zero-order chi connectivity index (χ0) is 21.3. The van der Waals surface area contributed by atoms with Crippen molar-refractivity contribution in [1.29, 1.82) is 0 Å². The third kappa shape index (κ3) is 4.75. The van der Waals surface area contributed by atoms with Crippen molar-refractivity contribution in [3.63, 3.8) is 0 Å². The Labute approximate surface area is 182 Å². The molecule has 4 nitrogen and oxygen atoms in total. The fraction of sp³-hybridized carbons (Fsp3) is 0.364. The Morgan fingerprint density at radius 3 is 2.57 bits per heavy atom. The maximum absolute atomic E-state index is 13.8. The van der Waals surface area contributed by atoms with Gasteiger partial charge in [-0.05, 0) is 30.3 Å². The van der Waals surface area contributed by atoms with Gasteiger partial charge in [0.15, 0.2) is 5.82 Å². The lowest BCUT2D eigenvalue weighted by molar-refractivity contribution is 0.0595. The molecule has 1 saturated heterocycles. The van der Waals surface area contributed by atoms with E-state index in [0.717, 1.165) is 22.3 Å². The number of ether oxygens (including phenoxy) is 1. The van der Waals surface area contributed by atoms with E-state index in [1.807, 2.05) is 29.2 Å². The summed E-state index contributed by atoms with van der Waals surface area (Å²) in [7, 11) is 0. The lowest BCUT2D eigenvalue weighted by Crippen LogP contribution is -2.41. The molecule has 8 heteroatoms. The van der Waals surface area contributed by atoms with E-state index in [4.69, 9.17) is 4.74 Å². The van der Waals surface area contributed by atoms with Gasteiger partial charge in [-0.25, -0.2) is 8.78 Å². The van der Waals surface area contributed by atoms with Crippen molar-refractivity contribution < 1.29 is 18.3 Å². The minimum Gasteiger partial charge on any atom is -0.467 e. The third-order valence-electron chi connectivity index (χ3n) is 4.86. The first kappa shape index (κ1) is 21.1. The quantitative estimate of drug-likeness (QED) is 0.466. The first-order valence-electron chi connectivity index (χ1n) is 9.87. The van der Waals surface area contributed by atoms with Gasteiger partial charge in [-0.2, -0.15) is 4.98 Å². The van der Waals surface area contributed by atoms with Crippen molar-refractivity contribution in [2.24, 2.45) is 0 Å². The second kappa shape index (κ2) is 8.89. The van der Waals surface area contributed by atoms with Gasteiger partial charge in [-0.1, -0.05) is 25.2 Å². The Bertz CT molecular complexity index is 1050. The van der Waals surface area contributed by atoms with E-state index in [9.17, 15) is 13.6 Å². The van der Waals surface area contributed by atoms with Crippen molar-refractivity contribution in [2.45, 2.75) is 42.9 Å². The number of carbonyl (C=O) groups is 1. The molecular formula is C22H22F2N2O2S2. The van der Waals surface area contributed by atoms with Crippen molar-refractivity contribution in [3.8, 4) is 5.19 Å². The van der Waals surface area contributed by atoms with E-state index in [0.29, 0.717) is 46.6 Å². The van der Waals surface area contributed by atoms with Crippen LogP contribution in [0.25, 0.3) is 10.2 Å². The first-order chi connectivity index (χ1) is 14.4. The molecule has 0 spiro atoms. The Hall–Kier alpha value is -2.19. The highest BCUT2D eigenvalue weighted by atomic mass is 32.2. The number of likely N-dealkylation sites (tertiary alicyclic amines) is 1. The Balaban J connectivity index is 1.34. The molecule has 0 saturated carbocycles. The molecule has 1 aliphatic rings. The molecule has 2 heterocycles. The lowest BCUT2D eigenvalue weighted by Gasteiger charge is -2.31. The van der Waals surface area contributed by atoms with Gasteiger partial charge in [0.1, 0.15) is 17.4 Å². The molecule has 1 aliphatic heterocycles. The van der Waals surface area contributed by atoms with Crippen LogP contribution < -0.4 is 4.74 Å². The van der Waals surface area contributed by atoms with Crippen LogP contribution in [-0.2, 0) is 0 Å². The predicted molar refractivity (Wildman–Crippen MR) is 117 cm³/mol. The summed E-state index contributed by atoms with van der Waals surface area (Å²) in [4.78, 5) is 19.9. The highest BCUT2D eigenvalue weighted by Crippen LogP contribution is 2.32. The van der Waals surface area contributed by atoms with Crippen LogP contribution in [0.4, 0.5) is 8.78 Å². The zero-order valence-corrected chi connectivity index (χ0v) is 18.4. The smallest absolute Gasteiger partial charge is 0.274 e. The molecule has 0 N–H and O–H groups in total. The van der Waals surface area contributed by atoms with Gasteiger partial charge >= 0.3 is 0 Å². The summed E-state index contributed by atoms with van der Waals surface area (Å²) in [6.45, 7) is 5.44. The topological polar surface area (TPSA) is 42.4 Å². The van der Waals surface area contributed by atoms with E-state index in [1.54, 1.807) is 11.8 Å². The van der Waals surface area contributed by atoms with Crippen LogP contribution in [0.15, 0.2) is 41.3 Å². The van der Waals surface area contributed by atoms with Crippen molar-refractivity contribution in [2.75, 3.05) is 13.1 Å². The highest BCUT2D eigenvalue weighted by Gasteiger charge is 2.26. The summed E-state index contributed by atoms with van der Waals surface area (Å²) in [5.41, 5.74) is 0.814. The van der Waals surface area contributed by atoms with E-state index >= 15 is 0 Å². The Kier molecular flexibility index (Phi) is 6.24. The molecule has 0 bridgehead atoms. The number of piperidine rings is 1. The summed E-state index contributed by atoms with van der Waals surface area (Å²) in [6, 6.07) is 9.82. The van der Waals surface area contributed by atoms with Gasteiger partial charge in [-0.3, -0.25) is 4.79 Å². The summed E-state index contributed by atoms with van der Waals surface area (Å²) in [5.74, 6) is -1.29. The van der Waals surface area contributed by atoms with Crippen LogP contribution in [-0.4, -0.2) is 40.2 Å². The molecular weight excluding hydrogens is 426 g/mol. The number of carbonyl (C=O) groups excluding carboxylic acids is 1. The number of thioether (sulfide) groups is 1. The van der Waals surface area contributed by atoms with E-state index < -0.39 is 11.6 Å². The minimum absolute atomic E-state index is 0.0204. The van der Waals surface area contributed by atoms with Crippen molar-refractivity contribution >= 4 is 39.2 Å². The van der Waals surface area contributed by atoms with Gasteiger partial charge in [0.25, 0.3) is 11.1 Å². The standard InChI is InChI=1S/C22H22F2N2O2S2/c1-13(2)29-17-5-3-14(4-6-17)21(27)26-9-7-16(8-10-26)28-22-25-20-18(24)11-15(23)12-19(20)30-22/h3-6,11-13,16H,7-10H2,1-2H3. The molecule has 30 heavy (non-hydrogen) atoms. The van der Waals surface area contributed by atoms with Gasteiger partial charge in [0, 0.05) is 47.7 Å². The second-order valence-corrected chi connectivity index (χ2v) is 10.2. The van der Waals surface area contributed by atoms with Gasteiger partial charge in [0.05, 0.1) is 4.70 Å². The lowest BCUT2D eigenvalue weighted by atomic mass is 10.1. The van der Waals surface area contributed by atoms with Crippen LogP contribution in [0.5, 0.6) is 5.19 Å². The average molecular weight is 449 g/mol. The monoisotopic (exact) mass is 448 g/mol. The number of fused-ring (bicyclic) bond motifs is 1. The maximum Gasteiger partial charge on any atom is 0.274 e. The molecule has 0 aliphatic carbocycles. The van der Waals surface area contributed by atoms with E-state index in [1.165, 1.54) is 6.07 Å². The van der Waals surface area contributed by atoms with Crippen LogP contribution in [0.2, 0.25) is 0 Å². The Morgan fingerprint density at radius 1 is 1.20 bits per heavy atom. The van der Waals surface area contributed by atoms with Gasteiger partial charge < -0.3 is 9.64 Å². The van der Waals surface area contributed by atoms with E-state index in [2.05, 4.69) is 18.8 Å². The minimum atomic E-state index is -0.686. The largest absolute Gasteiger partial charge is 0.467 e. The summed E-state index contributed by atoms with van der Waals surface area (Å²) >= 11 is 2.90. The SMILES string of the molecule is CC(C)Sc1ccc(C(=O)N2CCC(Oc3nc4c(F)cc(F)cc4s3)CC2)cc1. The zero-order valence-electron chi connectivity index (χ0n) is 16.7. The van der Waals surface area contributed by atoms with Crippen LogP contribution in [0.1, 0.15) is 37.0 Å². The number of amides is 1. The van der Waals surface area contributed by atoms with Gasteiger partial charge in [0.2, 0.25) is 0 Å². The summed E-state index contributed by atoms with van der Waals surface area (Å²) in [5, 5.41) is 0.828. The van der Waals surface area contributed by atoms with Crippen LogP contribution in [0, 0.1) is 11.6 Å². The van der Waals surface area contributed by atoms with Crippen molar-refractivity contribution in [3.05, 3.63) is 53.6 Å². The normalized spacial score (nSPS) is 15.2. The van der Waals surface area contributed by atoms with Gasteiger partial charge in [-0.15, -0.1) is 11.8 Å². The molecule has 1 aromatic heterocycles. The highest BCUT2D eigenvalue weighted by molar-refractivity contribution is 7.99. The predicted octanol–water partition coefficient (Wildman–Crippen LogP) is 5.76. The number of halogens is 2. The van der Waals surface area contributed by atoms with E-state index in [-0.39, 0.29) is 17.5 Å². The van der Waals surface area contributed by atoms with Crippen molar-refractivity contribution in [1.82, 2.24) is 9.88 Å². The summed E-state index contributed by atoms with van der Waals surface area (Å²) in [6.07, 6.45) is 1.23. The molecule has 158 valence electrons. The number of rotatable bonds is 5. The van der Waals surface area contributed by atoms with Crippen LogP contribution in [0.3, 0.4) is 0 Å². The average Bonchev–Trinajstić information content (AvgIpc) is 3.11. The molecule has 2 aromatic carbocycles. The third-order valence-corrected chi connectivity index (χ3v) is 6.77. The Morgan fingerprint density at radius 2 is 1.90 bits per heavy atom. The fourth-order valence-electron chi connectivity index (χ4n) is 3.44. The maximum atomic E-state index is 13.8. The second-order valence-electron chi connectivity index (χ2n) is 7.51. The number of aromatic nitrogens is 1. The summed E-state index contributed by atoms with van der Waals surface area (Å²) < 4.78 is 33.5. The molecule has 4 rings (SSSR count). The number of hydrogen-bond donors (Lipinski definition) is 0. The molecule has 0 radical (unpaired) electrons. The number of nitrogens with zero attached hydrogens (tertiary/aromatic N) is 2. The number of benzene rings is 2. The molecule has 0 unspecified atom stereocenters. The number of hydrogen-bond acceptors (Lipinski definition) is 5. The first-order valence-corrected chi connectivity index (χ1v) is 11.6. The molecule has 1 amide bonds. The molecule has 0 atom stereocenters. The fourth-order valence-corrected chi connectivity index (χ4v) is 5.20. The number of thiazole rings is 1. The van der Waals surface area contributed by atoms with Crippen LogP contribution >= 0.6 is 23.1 Å². The molecule has 3 aromatic rings. The molecule has 1 fully saturated rings.